The summed E-state index contributed by atoms with van der Waals surface area (Å²) >= 11 is 0. The molecule has 0 aromatic heterocycles. The Bertz CT molecular complexity index is 429. The molecule has 4 heteroatoms. The topological polar surface area (TPSA) is 55.1 Å². The highest BCUT2D eigenvalue weighted by atomic mass is 35.5. The number of benzene rings is 1. The molecule has 20 heavy (non-hydrogen) atoms. The van der Waals surface area contributed by atoms with Gasteiger partial charge in [-0.25, -0.2) is 0 Å². The molecule has 0 saturated heterocycles. The summed E-state index contributed by atoms with van der Waals surface area (Å²) < 4.78 is 0. The van der Waals surface area contributed by atoms with Gasteiger partial charge < -0.3 is 11.1 Å². The Morgan fingerprint density at radius 1 is 1.35 bits per heavy atom. The van der Waals surface area contributed by atoms with Crippen LogP contribution in [0.15, 0.2) is 30.3 Å². The first kappa shape index (κ1) is 17.0. The molecule has 1 saturated carbocycles. The van der Waals surface area contributed by atoms with E-state index < -0.39 is 0 Å². The van der Waals surface area contributed by atoms with Crippen LogP contribution < -0.4 is 11.1 Å². The Labute approximate surface area is 127 Å². The lowest BCUT2D eigenvalue weighted by atomic mass is 9.81. The molecule has 0 bridgehead atoms. The fraction of sp³-hybridized carbons (Fsp3) is 0.562. The van der Waals surface area contributed by atoms with E-state index >= 15 is 0 Å². The highest BCUT2D eigenvalue weighted by Gasteiger charge is 2.32. The average Bonchev–Trinajstić information content (AvgIpc) is 3.21. The maximum atomic E-state index is 12.2. The number of rotatable bonds is 6. The van der Waals surface area contributed by atoms with Crippen molar-refractivity contribution in [2.24, 2.45) is 11.7 Å². The molecular formula is C16H25ClN2O. The van der Waals surface area contributed by atoms with E-state index in [1.807, 2.05) is 18.2 Å². The third kappa shape index (κ3) is 4.50. The van der Waals surface area contributed by atoms with Gasteiger partial charge in [0, 0.05) is 19.0 Å². The summed E-state index contributed by atoms with van der Waals surface area (Å²) in [5.74, 6) is 0.713. The van der Waals surface area contributed by atoms with Crippen molar-refractivity contribution in [1.82, 2.24) is 5.32 Å². The first-order chi connectivity index (χ1) is 9.03. The molecule has 3 N–H and O–H groups in total. The Kier molecular flexibility index (Phi) is 6.03. The van der Waals surface area contributed by atoms with Gasteiger partial charge in [0.1, 0.15) is 0 Å². The van der Waals surface area contributed by atoms with Crippen LogP contribution in [0.1, 0.15) is 38.7 Å². The van der Waals surface area contributed by atoms with Gasteiger partial charge in [-0.05, 0) is 29.7 Å². The van der Waals surface area contributed by atoms with Gasteiger partial charge in [0.25, 0.3) is 0 Å². The second kappa shape index (κ2) is 7.09. The molecule has 1 aliphatic rings. The normalized spacial score (nSPS) is 16.1. The van der Waals surface area contributed by atoms with Crippen molar-refractivity contribution >= 4 is 18.3 Å². The molecule has 1 aliphatic carbocycles. The lowest BCUT2D eigenvalue weighted by Crippen LogP contribution is -2.43. The number of carbonyl (C=O) groups is 1. The van der Waals surface area contributed by atoms with Crippen molar-refractivity contribution in [2.45, 2.75) is 44.6 Å². The smallest absolute Gasteiger partial charge is 0.221 e. The SMILES string of the molecule is CC(C)(CC(=O)NC(CN)C1CC1)c1ccccc1.Cl. The average molecular weight is 297 g/mol. The molecule has 0 heterocycles. The van der Waals surface area contributed by atoms with Crippen molar-refractivity contribution in [3.05, 3.63) is 35.9 Å². The lowest BCUT2D eigenvalue weighted by molar-refractivity contribution is -0.122. The van der Waals surface area contributed by atoms with Gasteiger partial charge in [-0.2, -0.15) is 0 Å². The molecule has 0 spiro atoms. The second-order valence-electron chi connectivity index (χ2n) is 6.17. The van der Waals surface area contributed by atoms with Crippen LogP contribution in [0.3, 0.4) is 0 Å². The number of hydrogen-bond acceptors (Lipinski definition) is 2. The predicted molar refractivity (Wildman–Crippen MR) is 85.0 cm³/mol. The van der Waals surface area contributed by atoms with Crippen LogP contribution in [0.2, 0.25) is 0 Å². The number of nitrogens with one attached hydrogen (secondary N) is 1. The maximum absolute atomic E-state index is 12.2. The van der Waals surface area contributed by atoms with E-state index in [9.17, 15) is 4.79 Å². The Balaban J connectivity index is 0.00000200. The van der Waals surface area contributed by atoms with Gasteiger partial charge in [-0.1, -0.05) is 44.2 Å². The molecule has 1 aromatic rings. The first-order valence-electron chi connectivity index (χ1n) is 7.08. The Morgan fingerprint density at radius 2 is 1.95 bits per heavy atom. The van der Waals surface area contributed by atoms with Crippen LogP contribution in [0.4, 0.5) is 0 Å². The van der Waals surface area contributed by atoms with E-state index in [-0.39, 0.29) is 29.8 Å². The number of carbonyl (C=O) groups excluding carboxylic acids is 1. The molecule has 1 fully saturated rings. The van der Waals surface area contributed by atoms with Crippen molar-refractivity contribution in [2.75, 3.05) is 6.54 Å². The van der Waals surface area contributed by atoms with Crippen LogP contribution >= 0.6 is 12.4 Å². The molecule has 112 valence electrons. The summed E-state index contributed by atoms with van der Waals surface area (Å²) in [5, 5.41) is 3.09. The summed E-state index contributed by atoms with van der Waals surface area (Å²) in [7, 11) is 0. The Morgan fingerprint density at radius 3 is 2.45 bits per heavy atom. The van der Waals surface area contributed by atoms with Gasteiger partial charge in [-0.3, -0.25) is 4.79 Å². The summed E-state index contributed by atoms with van der Waals surface area (Å²) in [6.07, 6.45) is 2.90. The standard InChI is InChI=1S/C16H24N2O.ClH/c1-16(2,13-6-4-3-5-7-13)10-15(19)18-14(11-17)12-8-9-12;/h3-7,12,14H,8-11,17H2,1-2H3,(H,18,19);1H. The number of amides is 1. The highest BCUT2D eigenvalue weighted by molar-refractivity contribution is 5.85. The molecule has 1 unspecified atom stereocenters. The van der Waals surface area contributed by atoms with E-state index in [2.05, 4.69) is 31.3 Å². The quantitative estimate of drug-likeness (QED) is 0.848. The molecule has 0 aliphatic heterocycles. The van der Waals surface area contributed by atoms with E-state index in [0.717, 1.165) is 0 Å². The second-order valence-corrected chi connectivity index (χ2v) is 6.17. The minimum absolute atomic E-state index is 0. The van der Waals surface area contributed by atoms with Gasteiger partial charge in [-0.15, -0.1) is 12.4 Å². The summed E-state index contributed by atoms with van der Waals surface area (Å²) in [4.78, 5) is 12.2. The van der Waals surface area contributed by atoms with E-state index in [0.29, 0.717) is 18.9 Å². The zero-order valence-corrected chi connectivity index (χ0v) is 13.1. The summed E-state index contributed by atoms with van der Waals surface area (Å²) in [5.41, 5.74) is 6.77. The fourth-order valence-electron chi connectivity index (χ4n) is 2.52. The third-order valence-electron chi connectivity index (χ3n) is 3.95. The van der Waals surface area contributed by atoms with Gasteiger partial charge in [0.2, 0.25) is 5.91 Å². The fourth-order valence-corrected chi connectivity index (χ4v) is 2.52. The van der Waals surface area contributed by atoms with Crippen LogP contribution in [0.5, 0.6) is 0 Å². The minimum Gasteiger partial charge on any atom is -0.352 e. The summed E-state index contributed by atoms with van der Waals surface area (Å²) in [6, 6.07) is 10.4. The number of halogens is 1. The largest absolute Gasteiger partial charge is 0.352 e. The zero-order valence-electron chi connectivity index (χ0n) is 12.3. The third-order valence-corrected chi connectivity index (χ3v) is 3.95. The highest BCUT2D eigenvalue weighted by Crippen LogP contribution is 2.32. The van der Waals surface area contributed by atoms with Crippen molar-refractivity contribution in [1.29, 1.82) is 0 Å². The van der Waals surface area contributed by atoms with Crippen LogP contribution in [-0.2, 0) is 10.2 Å². The van der Waals surface area contributed by atoms with Gasteiger partial charge in [0.05, 0.1) is 0 Å². The molecule has 1 amide bonds. The molecule has 3 nitrogen and oxygen atoms in total. The molecular weight excluding hydrogens is 272 g/mol. The lowest BCUT2D eigenvalue weighted by Gasteiger charge is -2.26. The molecule has 1 aromatic carbocycles. The van der Waals surface area contributed by atoms with Crippen LogP contribution in [-0.4, -0.2) is 18.5 Å². The number of nitrogens with two attached hydrogens (primary N) is 1. The predicted octanol–water partition coefficient (Wildman–Crippen LogP) is 2.63. The maximum Gasteiger partial charge on any atom is 0.221 e. The van der Waals surface area contributed by atoms with Crippen LogP contribution in [0.25, 0.3) is 0 Å². The summed E-state index contributed by atoms with van der Waals surface area (Å²) in [6.45, 7) is 4.76. The molecule has 2 rings (SSSR count). The monoisotopic (exact) mass is 296 g/mol. The van der Waals surface area contributed by atoms with E-state index in [4.69, 9.17) is 5.73 Å². The van der Waals surface area contributed by atoms with Crippen molar-refractivity contribution < 1.29 is 4.79 Å². The van der Waals surface area contributed by atoms with Crippen molar-refractivity contribution in [3.63, 3.8) is 0 Å². The van der Waals surface area contributed by atoms with Crippen molar-refractivity contribution in [3.8, 4) is 0 Å². The Hall–Kier alpha value is -1.06. The first-order valence-corrected chi connectivity index (χ1v) is 7.08. The van der Waals surface area contributed by atoms with E-state index in [1.165, 1.54) is 18.4 Å². The van der Waals surface area contributed by atoms with E-state index in [1.54, 1.807) is 0 Å². The zero-order chi connectivity index (χ0) is 13.9. The number of hydrogen-bond donors (Lipinski definition) is 2. The van der Waals surface area contributed by atoms with Gasteiger partial charge in [0.15, 0.2) is 0 Å². The van der Waals surface area contributed by atoms with Gasteiger partial charge >= 0.3 is 0 Å². The molecule has 1 atom stereocenters. The van der Waals surface area contributed by atoms with Crippen LogP contribution in [0, 0.1) is 5.92 Å². The molecule has 0 radical (unpaired) electrons. The minimum atomic E-state index is -0.145.